The van der Waals surface area contributed by atoms with E-state index in [0.717, 1.165) is 33.2 Å². The van der Waals surface area contributed by atoms with Gasteiger partial charge in [0.15, 0.2) is 0 Å². The van der Waals surface area contributed by atoms with E-state index in [4.69, 9.17) is 4.74 Å². The third kappa shape index (κ3) is 3.91. The average molecular weight is 370 g/mol. The number of nitrogens with one attached hydrogen (secondary N) is 2. The van der Waals surface area contributed by atoms with E-state index in [-0.39, 0.29) is 12.6 Å². The minimum Gasteiger partial charge on any atom is -0.445 e. The Morgan fingerprint density at radius 1 is 1.00 bits per heavy atom. The average Bonchev–Trinajstić information content (AvgIpc) is 3.15. The van der Waals surface area contributed by atoms with Crippen molar-refractivity contribution in [1.29, 1.82) is 0 Å². The highest BCUT2D eigenvalue weighted by Gasteiger charge is 2.21. The first-order valence-corrected chi connectivity index (χ1v) is 9.30. The van der Waals surface area contributed by atoms with E-state index in [2.05, 4.69) is 22.4 Å². The molecule has 0 aliphatic carbocycles. The third-order valence-corrected chi connectivity index (χ3v) is 4.78. The SMILES string of the molecule is Cc1cccc(C(NC(=O)OCc2ccccc2)c2c[nH]c3ccccc23)c1. The molecule has 1 unspecified atom stereocenters. The molecule has 0 aliphatic rings. The summed E-state index contributed by atoms with van der Waals surface area (Å²) in [7, 11) is 0. The maximum Gasteiger partial charge on any atom is 0.408 e. The molecule has 1 heterocycles. The van der Waals surface area contributed by atoms with Crippen LogP contribution in [-0.2, 0) is 11.3 Å². The molecule has 1 atom stereocenters. The number of carbonyl (C=O) groups is 1. The fraction of sp³-hybridized carbons (Fsp3) is 0.125. The van der Waals surface area contributed by atoms with Crippen LogP contribution in [0, 0.1) is 6.92 Å². The van der Waals surface area contributed by atoms with E-state index in [0.29, 0.717) is 0 Å². The fourth-order valence-corrected chi connectivity index (χ4v) is 3.41. The first kappa shape index (κ1) is 17.9. The number of aromatic amines is 1. The Hall–Kier alpha value is -3.53. The van der Waals surface area contributed by atoms with Crippen molar-refractivity contribution in [2.75, 3.05) is 0 Å². The molecule has 3 aromatic carbocycles. The van der Waals surface area contributed by atoms with Crippen molar-refractivity contribution in [3.05, 3.63) is 107 Å². The summed E-state index contributed by atoms with van der Waals surface area (Å²) in [5, 5.41) is 4.13. The summed E-state index contributed by atoms with van der Waals surface area (Å²) in [6, 6.07) is 25.6. The van der Waals surface area contributed by atoms with Gasteiger partial charge in [0.05, 0.1) is 6.04 Å². The Morgan fingerprint density at radius 2 is 1.79 bits per heavy atom. The lowest BCUT2D eigenvalue weighted by Crippen LogP contribution is -2.29. The Kier molecular flexibility index (Phi) is 5.11. The molecule has 0 saturated heterocycles. The summed E-state index contributed by atoms with van der Waals surface area (Å²) in [5.41, 5.74) is 5.16. The number of hydrogen-bond acceptors (Lipinski definition) is 2. The highest BCUT2D eigenvalue weighted by atomic mass is 16.5. The molecule has 2 N–H and O–H groups in total. The largest absolute Gasteiger partial charge is 0.445 e. The summed E-state index contributed by atoms with van der Waals surface area (Å²) in [4.78, 5) is 15.9. The zero-order chi connectivity index (χ0) is 19.3. The molecular weight excluding hydrogens is 348 g/mol. The van der Waals surface area contributed by atoms with Gasteiger partial charge in [-0.1, -0.05) is 78.4 Å². The zero-order valence-electron chi connectivity index (χ0n) is 15.7. The number of alkyl carbamates (subject to hydrolysis) is 1. The molecule has 4 nitrogen and oxygen atoms in total. The van der Waals surface area contributed by atoms with Gasteiger partial charge in [-0.2, -0.15) is 0 Å². The lowest BCUT2D eigenvalue weighted by molar-refractivity contribution is 0.137. The van der Waals surface area contributed by atoms with E-state index < -0.39 is 6.09 Å². The molecule has 4 rings (SSSR count). The van der Waals surface area contributed by atoms with Crippen LogP contribution in [-0.4, -0.2) is 11.1 Å². The molecule has 0 bridgehead atoms. The standard InChI is InChI=1S/C24H22N2O2/c1-17-8-7-11-19(14-17)23(21-15-25-22-13-6-5-12-20(21)22)26-24(27)28-16-18-9-3-2-4-10-18/h2-15,23,25H,16H2,1H3,(H,26,27). The second-order valence-corrected chi connectivity index (χ2v) is 6.84. The van der Waals surface area contributed by atoms with E-state index in [1.165, 1.54) is 0 Å². The fourth-order valence-electron chi connectivity index (χ4n) is 3.41. The van der Waals surface area contributed by atoms with Crippen molar-refractivity contribution in [2.24, 2.45) is 0 Å². The van der Waals surface area contributed by atoms with Crippen LogP contribution in [0.2, 0.25) is 0 Å². The Labute approximate surface area is 164 Å². The highest BCUT2D eigenvalue weighted by Crippen LogP contribution is 2.29. The van der Waals surface area contributed by atoms with Crippen LogP contribution in [0.5, 0.6) is 0 Å². The van der Waals surface area contributed by atoms with Crippen LogP contribution in [0.15, 0.2) is 85.1 Å². The Bertz CT molecular complexity index is 1090. The molecule has 140 valence electrons. The van der Waals surface area contributed by atoms with Crippen LogP contribution in [0.3, 0.4) is 0 Å². The van der Waals surface area contributed by atoms with Crippen molar-refractivity contribution in [1.82, 2.24) is 10.3 Å². The summed E-state index contributed by atoms with van der Waals surface area (Å²) >= 11 is 0. The molecular formula is C24H22N2O2. The van der Waals surface area contributed by atoms with E-state index in [1.54, 1.807) is 0 Å². The zero-order valence-corrected chi connectivity index (χ0v) is 15.7. The van der Waals surface area contributed by atoms with Crippen LogP contribution < -0.4 is 5.32 Å². The predicted molar refractivity (Wildman–Crippen MR) is 111 cm³/mol. The van der Waals surface area contributed by atoms with Gasteiger partial charge in [0, 0.05) is 22.7 Å². The molecule has 0 saturated carbocycles. The molecule has 4 heteroatoms. The smallest absolute Gasteiger partial charge is 0.408 e. The number of rotatable bonds is 5. The molecule has 0 fully saturated rings. The van der Waals surface area contributed by atoms with Gasteiger partial charge in [0.2, 0.25) is 0 Å². The number of carbonyl (C=O) groups excluding carboxylic acids is 1. The summed E-state index contributed by atoms with van der Waals surface area (Å²) < 4.78 is 5.46. The third-order valence-electron chi connectivity index (χ3n) is 4.78. The number of H-pyrrole nitrogens is 1. The van der Waals surface area contributed by atoms with E-state index in [9.17, 15) is 4.79 Å². The topological polar surface area (TPSA) is 54.1 Å². The monoisotopic (exact) mass is 370 g/mol. The van der Waals surface area contributed by atoms with Gasteiger partial charge in [-0.05, 0) is 24.1 Å². The number of benzene rings is 3. The number of ether oxygens (including phenoxy) is 1. The molecule has 28 heavy (non-hydrogen) atoms. The van der Waals surface area contributed by atoms with Crippen molar-refractivity contribution in [3.63, 3.8) is 0 Å². The molecule has 1 amide bonds. The molecule has 0 aliphatic heterocycles. The van der Waals surface area contributed by atoms with Crippen LogP contribution in [0.1, 0.15) is 28.3 Å². The van der Waals surface area contributed by atoms with Gasteiger partial charge in [-0.25, -0.2) is 4.79 Å². The maximum atomic E-state index is 12.6. The van der Waals surface area contributed by atoms with Crippen molar-refractivity contribution in [3.8, 4) is 0 Å². The predicted octanol–water partition coefficient (Wildman–Crippen LogP) is 5.49. The van der Waals surface area contributed by atoms with Crippen LogP contribution in [0.25, 0.3) is 10.9 Å². The van der Waals surface area contributed by atoms with E-state index in [1.807, 2.05) is 79.9 Å². The number of hydrogen-bond donors (Lipinski definition) is 2. The van der Waals surface area contributed by atoms with Gasteiger partial charge in [-0.15, -0.1) is 0 Å². The molecule has 1 aromatic heterocycles. The number of amides is 1. The van der Waals surface area contributed by atoms with Crippen LogP contribution >= 0.6 is 0 Å². The van der Waals surface area contributed by atoms with Crippen molar-refractivity contribution < 1.29 is 9.53 Å². The maximum absolute atomic E-state index is 12.6. The molecule has 0 spiro atoms. The summed E-state index contributed by atoms with van der Waals surface area (Å²) in [6.07, 6.45) is 1.51. The van der Waals surface area contributed by atoms with Gasteiger partial charge < -0.3 is 15.0 Å². The number of para-hydroxylation sites is 1. The highest BCUT2D eigenvalue weighted by molar-refractivity contribution is 5.84. The van der Waals surface area contributed by atoms with Crippen LogP contribution in [0.4, 0.5) is 4.79 Å². The number of fused-ring (bicyclic) bond motifs is 1. The lowest BCUT2D eigenvalue weighted by Gasteiger charge is -2.19. The van der Waals surface area contributed by atoms with Gasteiger partial charge in [0.1, 0.15) is 6.61 Å². The number of aryl methyl sites for hydroxylation is 1. The molecule has 0 radical (unpaired) electrons. The number of aromatic nitrogens is 1. The normalized spacial score (nSPS) is 11.9. The quantitative estimate of drug-likeness (QED) is 0.488. The molecule has 4 aromatic rings. The first-order chi connectivity index (χ1) is 13.7. The second kappa shape index (κ2) is 8.01. The van der Waals surface area contributed by atoms with Crippen molar-refractivity contribution in [2.45, 2.75) is 19.6 Å². The minimum absolute atomic E-state index is 0.237. The van der Waals surface area contributed by atoms with Crippen molar-refractivity contribution >= 4 is 17.0 Å². The van der Waals surface area contributed by atoms with Gasteiger partial charge in [0.25, 0.3) is 0 Å². The Morgan fingerprint density at radius 3 is 2.61 bits per heavy atom. The first-order valence-electron chi connectivity index (χ1n) is 9.30. The summed E-state index contributed by atoms with van der Waals surface area (Å²) in [6.45, 7) is 2.28. The van der Waals surface area contributed by atoms with Gasteiger partial charge >= 0.3 is 6.09 Å². The summed E-state index contributed by atoms with van der Waals surface area (Å²) in [5.74, 6) is 0. The lowest BCUT2D eigenvalue weighted by atomic mass is 9.97. The van der Waals surface area contributed by atoms with Gasteiger partial charge in [-0.3, -0.25) is 0 Å². The minimum atomic E-state index is -0.444. The second-order valence-electron chi connectivity index (χ2n) is 6.84. The Balaban J connectivity index is 1.61. The van der Waals surface area contributed by atoms with E-state index >= 15 is 0 Å².